The summed E-state index contributed by atoms with van der Waals surface area (Å²) in [5, 5.41) is 2.75. The van der Waals surface area contributed by atoms with Crippen molar-refractivity contribution in [2.24, 2.45) is 0 Å². The quantitative estimate of drug-likeness (QED) is 0.909. The molecule has 6 heteroatoms. The van der Waals surface area contributed by atoms with Crippen LogP contribution in [0.15, 0.2) is 29.2 Å². The van der Waals surface area contributed by atoms with Crippen LogP contribution in [0.5, 0.6) is 0 Å². The highest BCUT2D eigenvalue weighted by Gasteiger charge is 2.25. The molecule has 0 saturated carbocycles. The van der Waals surface area contributed by atoms with Gasteiger partial charge in [-0.2, -0.15) is 4.31 Å². The van der Waals surface area contributed by atoms with Crippen LogP contribution in [0.2, 0.25) is 0 Å². The Balaban J connectivity index is 2.09. The molecule has 0 aromatic heterocycles. The zero-order valence-electron chi connectivity index (χ0n) is 12.3. The standard InChI is InChI=1S/C15H22N2O3S/c1-2-6-15(18)16-13-7-9-14(10-8-13)21(19,20)17-11-4-3-5-12-17/h7-10H,2-6,11-12H2,1H3,(H,16,18). The Kier molecular flexibility index (Phi) is 5.36. The summed E-state index contributed by atoms with van der Waals surface area (Å²) < 4.78 is 26.5. The van der Waals surface area contributed by atoms with E-state index in [0.29, 0.717) is 25.2 Å². The van der Waals surface area contributed by atoms with Gasteiger partial charge < -0.3 is 5.32 Å². The number of piperidine rings is 1. The van der Waals surface area contributed by atoms with Crippen LogP contribution in [0.25, 0.3) is 0 Å². The maximum atomic E-state index is 12.5. The number of hydrogen-bond donors (Lipinski definition) is 1. The van der Waals surface area contributed by atoms with Crippen molar-refractivity contribution in [2.45, 2.75) is 43.9 Å². The molecule has 1 fully saturated rings. The summed E-state index contributed by atoms with van der Waals surface area (Å²) in [5.41, 5.74) is 0.631. The van der Waals surface area contributed by atoms with Crippen molar-refractivity contribution in [2.75, 3.05) is 18.4 Å². The predicted octanol–water partition coefficient (Wildman–Crippen LogP) is 2.60. The summed E-state index contributed by atoms with van der Waals surface area (Å²) in [6.45, 7) is 3.13. The van der Waals surface area contributed by atoms with Crippen molar-refractivity contribution in [3.63, 3.8) is 0 Å². The van der Waals surface area contributed by atoms with Crippen LogP contribution in [-0.2, 0) is 14.8 Å². The van der Waals surface area contributed by atoms with E-state index in [1.165, 1.54) is 0 Å². The lowest BCUT2D eigenvalue weighted by Gasteiger charge is -2.25. The van der Waals surface area contributed by atoms with Gasteiger partial charge in [-0.25, -0.2) is 8.42 Å². The van der Waals surface area contributed by atoms with Gasteiger partial charge in [0.05, 0.1) is 4.90 Å². The van der Waals surface area contributed by atoms with Crippen molar-refractivity contribution in [1.29, 1.82) is 0 Å². The highest BCUT2D eigenvalue weighted by atomic mass is 32.2. The molecule has 21 heavy (non-hydrogen) atoms. The number of hydrogen-bond acceptors (Lipinski definition) is 3. The largest absolute Gasteiger partial charge is 0.326 e. The third-order valence-electron chi connectivity index (χ3n) is 3.57. The van der Waals surface area contributed by atoms with E-state index in [0.717, 1.165) is 25.7 Å². The first-order valence-corrected chi connectivity index (χ1v) is 8.88. The molecule has 1 aliphatic rings. The number of nitrogens with one attached hydrogen (secondary N) is 1. The van der Waals surface area contributed by atoms with Crippen molar-refractivity contribution < 1.29 is 13.2 Å². The fourth-order valence-electron chi connectivity index (χ4n) is 2.42. The summed E-state index contributed by atoms with van der Waals surface area (Å²) >= 11 is 0. The zero-order valence-corrected chi connectivity index (χ0v) is 13.2. The number of carbonyl (C=O) groups is 1. The number of rotatable bonds is 5. The molecule has 1 N–H and O–H groups in total. The van der Waals surface area contributed by atoms with E-state index in [1.54, 1.807) is 28.6 Å². The van der Waals surface area contributed by atoms with Crippen LogP contribution >= 0.6 is 0 Å². The van der Waals surface area contributed by atoms with Crippen LogP contribution < -0.4 is 5.32 Å². The lowest BCUT2D eigenvalue weighted by Crippen LogP contribution is -2.35. The first kappa shape index (κ1) is 16.0. The van der Waals surface area contributed by atoms with Crippen molar-refractivity contribution in [1.82, 2.24) is 4.31 Å². The molecule has 1 saturated heterocycles. The zero-order chi connectivity index (χ0) is 15.3. The maximum Gasteiger partial charge on any atom is 0.243 e. The van der Waals surface area contributed by atoms with E-state index in [4.69, 9.17) is 0 Å². The number of sulfonamides is 1. The molecule has 1 heterocycles. The lowest BCUT2D eigenvalue weighted by molar-refractivity contribution is -0.116. The van der Waals surface area contributed by atoms with E-state index in [1.807, 2.05) is 6.92 Å². The minimum absolute atomic E-state index is 0.0517. The highest BCUT2D eigenvalue weighted by molar-refractivity contribution is 7.89. The Morgan fingerprint density at radius 3 is 2.33 bits per heavy atom. The Bertz CT molecular complexity index is 575. The van der Waals surface area contributed by atoms with Crippen LogP contribution in [0, 0.1) is 0 Å². The first-order valence-electron chi connectivity index (χ1n) is 7.44. The number of anilines is 1. The molecule has 5 nitrogen and oxygen atoms in total. The second-order valence-electron chi connectivity index (χ2n) is 5.29. The predicted molar refractivity (Wildman–Crippen MR) is 82.6 cm³/mol. The Hall–Kier alpha value is -1.40. The van der Waals surface area contributed by atoms with Gasteiger partial charge in [0, 0.05) is 25.2 Å². The first-order chi connectivity index (χ1) is 10.0. The van der Waals surface area contributed by atoms with Crippen LogP contribution in [0.3, 0.4) is 0 Å². The van der Waals surface area contributed by atoms with Gasteiger partial charge in [-0.1, -0.05) is 13.3 Å². The molecule has 0 bridgehead atoms. The second-order valence-corrected chi connectivity index (χ2v) is 7.23. The van der Waals surface area contributed by atoms with Crippen molar-refractivity contribution >= 4 is 21.6 Å². The summed E-state index contributed by atoms with van der Waals surface area (Å²) in [6.07, 6.45) is 4.18. The second kappa shape index (κ2) is 7.04. The minimum Gasteiger partial charge on any atom is -0.326 e. The number of amides is 1. The Morgan fingerprint density at radius 2 is 1.76 bits per heavy atom. The van der Waals surface area contributed by atoms with Gasteiger partial charge in [-0.05, 0) is 43.5 Å². The average Bonchev–Trinajstić information content (AvgIpc) is 2.49. The van der Waals surface area contributed by atoms with Gasteiger partial charge in [0.1, 0.15) is 0 Å². The highest BCUT2D eigenvalue weighted by Crippen LogP contribution is 2.22. The van der Waals surface area contributed by atoms with Gasteiger partial charge in [0.25, 0.3) is 0 Å². The smallest absolute Gasteiger partial charge is 0.243 e. The van der Waals surface area contributed by atoms with Gasteiger partial charge in [0.15, 0.2) is 0 Å². The molecule has 0 radical (unpaired) electrons. The third kappa shape index (κ3) is 4.04. The summed E-state index contributed by atoms with van der Waals surface area (Å²) in [6, 6.07) is 6.41. The molecule has 0 aliphatic carbocycles. The van der Waals surface area contributed by atoms with Crippen molar-refractivity contribution in [3.05, 3.63) is 24.3 Å². The summed E-state index contributed by atoms with van der Waals surface area (Å²) in [7, 11) is -3.40. The molecule has 1 aromatic carbocycles. The third-order valence-corrected chi connectivity index (χ3v) is 5.48. The molecule has 1 amide bonds. The van der Waals surface area contributed by atoms with Crippen molar-refractivity contribution in [3.8, 4) is 0 Å². The molecule has 2 rings (SSSR count). The number of benzene rings is 1. The normalized spacial score (nSPS) is 16.6. The minimum atomic E-state index is -3.40. The van der Waals surface area contributed by atoms with Crippen LogP contribution in [0.4, 0.5) is 5.69 Å². The maximum absolute atomic E-state index is 12.5. The van der Waals surface area contributed by atoms with E-state index >= 15 is 0 Å². The fourth-order valence-corrected chi connectivity index (χ4v) is 3.93. The lowest BCUT2D eigenvalue weighted by atomic mass is 10.2. The molecule has 0 spiro atoms. The summed E-state index contributed by atoms with van der Waals surface area (Å²) in [5.74, 6) is -0.0517. The van der Waals surface area contributed by atoms with Gasteiger partial charge in [0.2, 0.25) is 15.9 Å². The molecular weight excluding hydrogens is 288 g/mol. The molecule has 0 atom stereocenters. The van der Waals surface area contributed by atoms with E-state index in [2.05, 4.69) is 5.32 Å². The Labute approximate surface area is 126 Å². The molecular formula is C15H22N2O3S. The van der Waals surface area contributed by atoms with Gasteiger partial charge in [-0.15, -0.1) is 0 Å². The topological polar surface area (TPSA) is 66.5 Å². The fraction of sp³-hybridized carbons (Fsp3) is 0.533. The molecule has 1 aromatic rings. The molecule has 116 valence electrons. The van der Waals surface area contributed by atoms with Crippen LogP contribution in [-0.4, -0.2) is 31.7 Å². The molecule has 1 aliphatic heterocycles. The van der Waals surface area contributed by atoms with Gasteiger partial charge >= 0.3 is 0 Å². The number of nitrogens with zero attached hydrogens (tertiary/aromatic N) is 1. The SMILES string of the molecule is CCCC(=O)Nc1ccc(S(=O)(=O)N2CCCCC2)cc1. The Morgan fingerprint density at radius 1 is 1.14 bits per heavy atom. The monoisotopic (exact) mass is 310 g/mol. The average molecular weight is 310 g/mol. The molecule has 0 unspecified atom stereocenters. The number of carbonyl (C=O) groups excluding carboxylic acids is 1. The van der Waals surface area contributed by atoms with Gasteiger partial charge in [-0.3, -0.25) is 4.79 Å². The van der Waals surface area contributed by atoms with E-state index in [-0.39, 0.29) is 10.8 Å². The van der Waals surface area contributed by atoms with E-state index in [9.17, 15) is 13.2 Å². The summed E-state index contributed by atoms with van der Waals surface area (Å²) in [4.78, 5) is 11.8. The van der Waals surface area contributed by atoms with Crippen LogP contribution in [0.1, 0.15) is 39.0 Å². The van der Waals surface area contributed by atoms with E-state index < -0.39 is 10.0 Å².